The summed E-state index contributed by atoms with van der Waals surface area (Å²) in [6.07, 6.45) is 0. The largest absolute Gasteiger partial charge is 0.496 e. The molecule has 144 valence electrons. The fraction of sp³-hybridized carbons (Fsp3) is 0.474. The lowest BCUT2D eigenvalue weighted by Crippen LogP contribution is -2.38. The summed E-state index contributed by atoms with van der Waals surface area (Å²) in [6, 6.07) is 8.04. The van der Waals surface area contributed by atoms with Crippen molar-refractivity contribution >= 4 is 41.3 Å². The van der Waals surface area contributed by atoms with Gasteiger partial charge in [-0.05, 0) is 6.07 Å². The maximum absolute atomic E-state index is 5.43. The van der Waals surface area contributed by atoms with Crippen molar-refractivity contribution in [3.05, 3.63) is 45.9 Å². The molecule has 5 nitrogen and oxygen atoms in total. The molecule has 1 heterocycles. The molecule has 1 aromatic carbocycles. The van der Waals surface area contributed by atoms with E-state index in [1.54, 1.807) is 25.5 Å². The number of methoxy groups -OCH3 is 1. The van der Waals surface area contributed by atoms with E-state index in [-0.39, 0.29) is 29.4 Å². The molecule has 0 radical (unpaired) electrons. The van der Waals surface area contributed by atoms with E-state index < -0.39 is 0 Å². The van der Waals surface area contributed by atoms with Crippen LogP contribution in [0, 0.1) is 0 Å². The van der Waals surface area contributed by atoms with E-state index in [2.05, 4.69) is 47.4 Å². The van der Waals surface area contributed by atoms with Gasteiger partial charge in [-0.3, -0.25) is 4.99 Å². The molecule has 26 heavy (non-hydrogen) atoms. The zero-order valence-corrected chi connectivity index (χ0v) is 19.5. The Bertz CT molecular complexity index is 724. The summed E-state index contributed by atoms with van der Waals surface area (Å²) in [6.45, 7) is 7.93. The number of benzene rings is 1. The molecular weight excluding hydrogens is 459 g/mol. The second kappa shape index (κ2) is 10.1. The van der Waals surface area contributed by atoms with Crippen molar-refractivity contribution in [2.45, 2.75) is 39.3 Å². The Morgan fingerprint density at radius 1 is 1.31 bits per heavy atom. The Morgan fingerprint density at radius 2 is 2.00 bits per heavy atom. The molecule has 1 aromatic heterocycles. The Morgan fingerprint density at radius 3 is 2.58 bits per heavy atom. The van der Waals surface area contributed by atoms with Crippen LogP contribution in [0.4, 0.5) is 0 Å². The number of hydrogen-bond acceptors (Lipinski definition) is 4. The van der Waals surface area contributed by atoms with Crippen molar-refractivity contribution in [2.75, 3.05) is 21.2 Å². The number of ether oxygens (including phenoxy) is 1. The number of halogens is 1. The average Bonchev–Trinajstić information content (AvgIpc) is 3.05. The summed E-state index contributed by atoms with van der Waals surface area (Å²) in [5.74, 6) is 1.72. The third-order valence-electron chi connectivity index (χ3n) is 3.89. The number of aromatic nitrogens is 1. The minimum Gasteiger partial charge on any atom is -0.496 e. The van der Waals surface area contributed by atoms with Crippen molar-refractivity contribution in [3.63, 3.8) is 0 Å². The van der Waals surface area contributed by atoms with Crippen LogP contribution in [-0.2, 0) is 18.5 Å². The molecule has 0 aliphatic carbocycles. The minimum absolute atomic E-state index is 0. The summed E-state index contributed by atoms with van der Waals surface area (Å²) in [5, 5.41) is 6.59. The first-order valence-corrected chi connectivity index (χ1v) is 9.21. The quantitative estimate of drug-likeness (QED) is 0.388. The minimum atomic E-state index is 0. The summed E-state index contributed by atoms with van der Waals surface area (Å²) < 4.78 is 5.43. The van der Waals surface area contributed by atoms with Crippen molar-refractivity contribution in [3.8, 4) is 5.75 Å². The van der Waals surface area contributed by atoms with Gasteiger partial charge >= 0.3 is 0 Å². The van der Waals surface area contributed by atoms with E-state index in [4.69, 9.17) is 9.72 Å². The number of thiazole rings is 1. The average molecular weight is 488 g/mol. The lowest BCUT2D eigenvalue weighted by atomic mass is 9.93. The number of guanidine groups is 1. The lowest BCUT2D eigenvalue weighted by molar-refractivity contribution is 0.396. The Hall–Kier alpha value is -1.35. The highest BCUT2D eigenvalue weighted by atomic mass is 127. The molecule has 0 spiro atoms. The fourth-order valence-corrected chi connectivity index (χ4v) is 3.40. The number of nitrogens with zero attached hydrogens (tertiary/aromatic N) is 3. The zero-order valence-electron chi connectivity index (χ0n) is 16.4. The highest BCUT2D eigenvalue weighted by molar-refractivity contribution is 14.0. The first-order chi connectivity index (χ1) is 11.8. The Labute approximate surface area is 177 Å². The molecule has 0 aliphatic rings. The maximum Gasteiger partial charge on any atom is 0.194 e. The van der Waals surface area contributed by atoms with E-state index in [1.807, 2.05) is 25.2 Å². The van der Waals surface area contributed by atoms with Crippen LogP contribution in [0.2, 0.25) is 0 Å². The van der Waals surface area contributed by atoms with Gasteiger partial charge in [0.05, 0.1) is 19.3 Å². The lowest BCUT2D eigenvalue weighted by Gasteiger charge is -2.22. The SMILES string of the molecule is CN=C(NCc1nc(C(C)(C)C)cs1)N(C)Cc1ccccc1OC.I. The van der Waals surface area contributed by atoms with Crippen molar-refractivity contribution in [1.29, 1.82) is 0 Å². The topological polar surface area (TPSA) is 49.8 Å². The van der Waals surface area contributed by atoms with Gasteiger partial charge in [0.15, 0.2) is 5.96 Å². The van der Waals surface area contributed by atoms with Crippen LogP contribution in [0.1, 0.15) is 37.0 Å². The summed E-state index contributed by atoms with van der Waals surface area (Å²) in [4.78, 5) is 11.2. The van der Waals surface area contributed by atoms with E-state index >= 15 is 0 Å². The molecule has 0 atom stereocenters. The van der Waals surface area contributed by atoms with Gasteiger partial charge in [0.25, 0.3) is 0 Å². The normalized spacial score (nSPS) is 11.7. The maximum atomic E-state index is 5.43. The first-order valence-electron chi connectivity index (χ1n) is 8.33. The van der Waals surface area contributed by atoms with E-state index in [9.17, 15) is 0 Å². The number of hydrogen-bond donors (Lipinski definition) is 1. The standard InChI is InChI=1S/C19H28N4OS.HI/c1-19(2,3)16-13-25-17(22-16)11-21-18(20-4)23(5)12-14-9-7-8-10-15(14)24-6;/h7-10,13H,11-12H2,1-6H3,(H,20,21);1H. The van der Waals surface area contributed by atoms with Crippen LogP contribution in [0.25, 0.3) is 0 Å². The zero-order chi connectivity index (χ0) is 18.4. The predicted octanol–water partition coefficient (Wildman–Crippen LogP) is 4.27. The molecule has 2 aromatic rings. The molecule has 0 bridgehead atoms. The van der Waals surface area contributed by atoms with Crippen molar-refractivity contribution in [1.82, 2.24) is 15.2 Å². The Balaban J connectivity index is 0.00000338. The molecule has 2 rings (SSSR count). The monoisotopic (exact) mass is 488 g/mol. The highest BCUT2D eigenvalue weighted by Crippen LogP contribution is 2.24. The van der Waals surface area contributed by atoms with Gasteiger partial charge in [-0.2, -0.15) is 0 Å². The second-order valence-electron chi connectivity index (χ2n) is 6.95. The number of aliphatic imine (C=N–C) groups is 1. The van der Waals surface area contributed by atoms with Gasteiger partial charge in [-0.15, -0.1) is 35.3 Å². The molecule has 7 heteroatoms. The molecule has 0 saturated heterocycles. The van der Waals surface area contributed by atoms with Gasteiger partial charge in [-0.25, -0.2) is 4.98 Å². The van der Waals surface area contributed by atoms with E-state index in [1.165, 1.54) is 0 Å². The Kier molecular flexibility index (Phi) is 8.82. The number of nitrogens with one attached hydrogen (secondary N) is 1. The van der Waals surface area contributed by atoms with E-state index in [0.29, 0.717) is 6.54 Å². The molecular formula is C19H29IN4OS. The number of para-hydroxylation sites is 1. The van der Waals surface area contributed by atoms with Crippen LogP contribution < -0.4 is 10.1 Å². The second-order valence-corrected chi connectivity index (χ2v) is 7.89. The van der Waals surface area contributed by atoms with Gasteiger partial charge < -0.3 is 15.0 Å². The van der Waals surface area contributed by atoms with Gasteiger partial charge in [0.1, 0.15) is 10.8 Å². The molecule has 0 aliphatic heterocycles. The summed E-state index contributed by atoms with van der Waals surface area (Å²) >= 11 is 1.68. The van der Waals surface area contributed by atoms with Crippen LogP contribution in [-0.4, -0.2) is 37.0 Å². The molecule has 0 saturated carbocycles. The highest BCUT2D eigenvalue weighted by Gasteiger charge is 2.17. The smallest absolute Gasteiger partial charge is 0.194 e. The van der Waals surface area contributed by atoms with Gasteiger partial charge in [0, 0.05) is 37.0 Å². The fourth-order valence-electron chi connectivity index (χ4n) is 2.44. The molecule has 0 amide bonds. The van der Waals surface area contributed by atoms with Crippen LogP contribution in [0.15, 0.2) is 34.6 Å². The van der Waals surface area contributed by atoms with Crippen LogP contribution in [0.3, 0.4) is 0 Å². The van der Waals surface area contributed by atoms with Crippen molar-refractivity contribution in [2.24, 2.45) is 4.99 Å². The third-order valence-corrected chi connectivity index (χ3v) is 4.74. The third kappa shape index (κ3) is 6.12. The van der Waals surface area contributed by atoms with Gasteiger partial charge in [-0.1, -0.05) is 39.0 Å². The molecule has 0 fully saturated rings. The van der Waals surface area contributed by atoms with E-state index in [0.717, 1.165) is 34.5 Å². The predicted molar refractivity (Wildman–Crippen MR) is 121 cm³/mol. The number of rotatable bonds is 5. The van der Waals surface area contributed by atoms with Crippen LogP contribution in [0.5, 0.6) is 5.75 Å². The summed E-state index contributed by atoms with van der Waals surface area (Å²) in [5.41, 5.74) is 2.34. The van der Waals surface area contributed by atoms with Crippen LogP contribution >= 0.6 is 35.3 Å². The molecule has 0 unspecified atom stereocenters. The summed E-state index contributed by atoms with van der Waals surface area (Å²) in [7, 11) is 5.51. The van der Waals surface area contributed by atoms with Crippen molar-refractivity contribution < 1.29 is 4.74 Å². The molecule has 1 N–H and O–H groups in total. The van der Waals surface area contributed by atoms with Gasteiger partial charge in [0.2, 0.25) is 0 Å². The first kappa shape index (κ1) is 22.7.